The number of hydrogen-bond donors (Lipinski definition) is 3. The lowest BCUT2D eigenvalue weighted by molar-refractivity contribution is -0.117. The highest BCUT2D eigenvalue weighted by atomic mass is 35.5. The average Bonchev–Trinajstić information content (AvgIpc) is 2.49. The molecule has 6 nitrogen and oxygen atoms in total. The van der Waals surface area contributed by atoms with Crippen LogP contribution in [0.25, 0.3) is 0 Å². The van der Waals surface area contributed by atoms with Gasteiger partial charge in [-0.05, 0) is 18.2 Å². The third kappa shape index (κ3) is 4.42. The second-order valence-corrected chi connectivity index (χ2v) is 5.18. The van der Waals surface area contributed by atoms with E-state index in [0.717, 1.165) is 6.54 Å². The summed E-state index contributed by atoms with van der Waals surface area (Å²) < 4.78 is 5.30. The second-order valence-electron chi connectivity index (χ2n) is 4.75. The summed E-state index contributed by atoms with van der Waals surface area (Å²) in [5, 5.41) is 8.91. The number of carbonyl (C=O) groups excluding carboxylic acids is 2. The Morgan fingerprint density at radius 1 is 1.48 bits per heavy atom. The molecule has 1 fully saturated rings. The monoisotopic (exact) mass is 311 g/mol. The molecule has 21 heavy (non-hydrogen) atoms. The summed E-state index contributed by atoms with van der Waals surface area (Å²) >= 11 is 5.89. The van der Waals surface area contributed by atoms with Gasteiger partial charge >= 0.3 is 0 Å². The van der Waals surface area contributed by atoms with Crippen molar-refractivity contribution in [1.29, 1.82) is 0 Å². The number of anilines is 1. The van der Waals surface area contributed by atoms with Crippen LogP contribution >= 0.6 is 11.6 Å². The lowest BCUT2D eigenvalue weighted by Gasteiger charge is -2.23. The zero-order chi connectivity index (χ0) is 15.2. The zero-order valence-electron chi connectivity index (χ0n) is 11.7. The van der Waals surface area contributed by atoms with Crippen molar-refractivity contribution < 1.29 is 14.3 Å². The summed E-state index contributed by atoms with van der Waals surface area (Å²) in [5.74, 6) is -0.475. The van der Waals surface area contributed by atoms with E-state index in [2.05, 4.69) is 16.0 Å². The summed E-state index contributed by atoms with van der Waals surface area (Å²) in [4.78, 5) is 23.9. The van der Waals surface area contributed by atoms with E-state index in [0.29, 0.717) is 29.5 Å². The molecule has 3 N–H and O–H groups in total. The van der Waals surface area contributed by atoms with E-state index in [4.69, 9.17) is 16.3 Å². The number of amides is 2. The van der Waals surface area contributed by atoms with Crippen molar-refractivity contribution in [2.24, 2.45) is 0 Å². The largest absolute Gasteiger partial charge is 0.378 e. The Labute approximate surface area is 128 Å². The van der Waals surface area contributed by atoms with E-state index < -0.39 is 0 Å². The molecule has 2 amide bonds. The number of morpholine rings is 1. The highest BCUT2D eigenvalue weighted by Crippen LogP contribution is 2.21. The molecule has 1 aliphatic heterocycles. The summed E-state index contributed by atoms with van der Waals surface area (Å²) in [6.45, 7) is 1.91. The van der Waals surface area contributed by atoms with Gasteiger partial charge in [-0.25, -0.2) is 0 Å². The predicted octanol–water partition coefficient (Wildman–Crippen LogP) is 1.02. The molecule has 0 saturated carbocycles. The zero-order valence-corrected chi connectivity index (χ0v) is 12.5. The van der Waals surface area contributed by atoms with Gasteiger partial charge in [0.2, 0.25) is 5.91 Å². The van der Waals surface area contributed by atoms with Crippen LogP contribution in [-0.2, 0) is 9.53 Å². The first-order valence-corrected chi connectivity index (χ1v) is 7.10. The van der Waals surface area contributed by atoms with Crippen molar-refractivity contribution in [2.75, 3.05) is 32.1 Å². The fraction of sp³-hybridized carbons (Fsp3) is 0.429. The normalized spacial score (nSPS) is 18.1. The Morgan fingerprint density at radius 2 is 2.29 bits per heavy atom. The fourth-order valence-corrected chi connectivity index (χ4v) is 2.30. The molecule has 1 aliphatic rings. The highest BCUT2D eigenvalue weighted by molar-refractivity contribution is 6.31. The molecular formula is C14H18ClN3O3. The maximum absolute atomic E-state index is 12.1. The minimum atomic E-state index is -0.299. The molecule has 0 aromatic heterocycles. The number of hydrogen-bond acceptors (Lipinski definition) is 4. The Balaban J connectivity index is 2.04. The summed E-state index contributed by atoms with van der Waals surface area (Å²) in [6.07, 6.45) is 0.288. The summed E-state index contributed by atoms with van der Waals surface area (Å²) in [6, 6.07) is 4.77. The van der Waals surface area contributed by atoms with Crippen LogP contribution in [0.4, 0.5) is 5.69 Å². The average molecular weight is 312 g/mol. The van der Waals surface area contributed by atoms with E-state index in [-0.39, 0.29) is 24.3 Å². The first kappa shape index (κ1) is 15.8. The lowest BCUT2D eigenvalue weighted by atomic mass is 10.1. The molecule has 0 radical (unpaired) electrons. The highest BCUT2D eigenvalue weighted by Gasteiger charge is 2.18. The molecule has 1 aromatic carbocycles. The van der Waals surface area contributed by atoms with Crippen molar-refractivity contribution in [1.82, 2.24) is 10.6 Å². The summed E-state index contributed by atoms with van der Waals surface area (Å²) in [7, 11) is 1.53. The number of benzene rings is 1. The van der Waals surface area contributed by atoms with Crippen LogP contribution in [0.2, 0.25) is 5.02 Å². The van der Waals surface area contributed by atoms with Gasteiger partial charge in [-0.2, -0.15) is 0 Å². The van der Waals surface area contributed by atoms with Crippen LogP contribution in [0.3, 0.4) is 0 Å². The lowest BCUT2D eigenvalue weighted by Crippen LogP contribution is -2.43. The number of rotatable bonds is 4. The Kier molecular flexibility index (Phi) is 5.55. The van der Waals surface area contributed by atoms with Gasteiger partial charge in [-0.15, -0.1) is 0 Å². The Morgan fingerprint density at radius 3 is 2.95 bits per heavy atom. The van der Waals surface area contributed by atoms with Crippen LogP contribution in [-0.4, -0.2) is 44.7 Å². The third-order valence-electron chi connectivity index (χ3n) is 3.16. The van der Waals surface area contributed by atoms with Gasteiger partial charge in [0, 0.05) is 31.1 Å². The van der Waals surface area contributed by atoms with E-state index in [9.17, 15) is 9.59 Å². The molecule has 0 aliphatic carbocycles. The molecule has 1 heterocycles. The topological polar surface area (TPSA) is 79.5 Å². The quantitative estimate of drug-likeness (QED) is 0.775. The van der Waals surface area contributed by atoms with Crippen molar-refractivity contribution in [2.45, 2.75) is 12.5 Å². The number of carbonyl (C=O) groups is 2. The molecule has 0 bridgehead atoms. The number of halogens is 1. The molecule has 2 rings (SSSR count). The molecule has 114 valence electrons. The van der Waals surface area contributed by atoms with Crippen LogP contribution < -0.4 is 16.0 Å². The van der Waals surface area contributed by atoms with Crippen LogP contribution in [0.1, 0.15) is 16.8 Å². The molecule has 7 heteroatoms. The van der Waals surface area contributed by atoms with Crippen LogP contribution in [0.5, 0.6) is 0 Å². The standard InChI is InChI=1S/C14H18ClN3O3/c1-16-14(20)11-6-9(15)2-3-12(11)18-13(19)7-10-8-21-5-4-17-10/h2-3,6,10,17H,4-5,7-8H2,1H3,(H,16,20)(H,18,19). The van der Waals surface area contributed by atoms with Crippen LogP contribution in [0, 0.1) is 0 Å². The van der Waals surface area contributed by atoms with Crippen molar-refractivity contribution in [3.8, 4) is 0 Å². The van der Waals surface area contributed by atoms with Gasteiger partial charge in [-0.3, -0.25) is 9.59 Å². The molecule has 1 aromatic rings. The number of ether oxygens (including phenoxy) is 1. The van der Waals surface area contributed by atoms with Crippen molar-refractivity contribution >= 4 is 29.1 Å². The van der Waals surface area contributed by atoms with Gasteiger partial charge in [0.15, 0.2) is 0 Å². The van der Waals surface area contributed by atoms with Gasteiger partial charge in [0.05, 0.1) is 24.5 Å². The Hall–Kier alpha value is -1.63. The molecule has 1 unspecified atom stereocenters. The molecular weight excluding hydrogens is 294 g/mol. The second kappa shape index (κ2) is 7.40. The predicted molar refractivity (Wildman–Crippen MR) is 80.7 cm³/mol. The fourth-order valence-electron chi connectivity index (χ4n) is 2.12. The Bertz CT molecular complexity index is 530. The van der Waals surface area contributed by atoms with E-state index >= 15 is 0 Å². The van der Waals surface area contributed by atoms with Gasteiger partial charge in [-0.1, -0.05) is 11.6 Å². The summed E-state index contributed by atoms with van der Waals surface area (Å²) in [5.41, 5.74) is 0.784. The number of nitrogens with one attached hydrogen (secondary N) is 3. The maximum Gasteiger partial charge on any atom is 0.253 e. The van der Waals surface area contributed by atoms with Gasteiger partial charge in [0.1, 0.15) is 0 Å². The maximum atomic E-state index is 12.1. The van der Waals surface area contributed by atoms with E-state index in [1.165, 1.54) is 13.1 Å². The third-order valence-corrected chi connectivity index (χ3v) is 3.39. The van der Waals surface area contributed by atoms with Crippen molar-refractivity contribution in [3.63, 3.8) is 0 Å². The van der Waals surface area contributed by atoms with E-state index in [1.807, 2.05) is 0 Å². The molecule has 0 spiro atoms. The van der Waals surface area contributed by atoms with Gasteiger partial charge < -0.3 is 20.7 Å². The first-order valence-electron chi connectivity index (χ1n) is 6.72. The van der Waals surface area contributed by atoms with Crippen LogP contribution in [0.15, 0.2) is 18.2 Å². The minimum absolute atomic E-state index is 0.00509. The molecule has 1 saturated heterocycles. The smallest absolute Gasteiger partial charge is 0.253 e. The molecule has 1 atom stereocenters. The van der Waals surface area contributed by atoms with E-state index in [1.54, 1.807) is 12.1 Å². The van der Waals surface area contributed by atoms with Crippen molar-refractivity contribution in [3.05, 3.63) is 28.8 Å². The minimum Gasteiger partial charge on any atom is -0.378 e. The van der Waals surface area contributed by atoms with Gasteiger partial charge in [0.25, 0.3) is 5.91 Å². The SMILES string of the molecule is CNC(=O)c1cc(Cl)ccc1NC(=O)CC1COCCN1. The first-order chi connectivity index (χ1) is 10.1.